The Balaban J connectivity index is 1.88. The Labute approximate surface area is 108 Å². The Hall–Kier alpha value is -0.230. The molecule has 0 radical (unpaired) electrons. The van der Waals surface area contributed by atoms with Gasteiger partial charge in [-0.2, -0.15) is 0 Å². The molecule has 2 rings (SSSR count). The smallest absolute Gasteiger partial charge is 0.147 e. The Morgan fingerprint density at radius 3 is 3.06 bits per heavy atom. The number of nitrogens with two attached hydrogens (primary N) is 1. The molecule has 0 aliphatic carbocycles. The van der Waals surface area contributed by atoms with E-state index in [1.807, 2.05) is 18.2 Å². The number of anilines is 1. The topological polar surface area (TPSA) is 44.5 Å². The highest BCUT2D eigenvalue weighted by Crippen LogP contribution is 2.29. The molecule has 0 amide bonds. The van der Waals surface area contributed by atoms with Crippen molar-refractivity contribution in [2.75, 3.05) is 24.9 Å². The number of halogens is 1. The van der Waals surface area contributed by atoms with Gasteiger partial charge in [0.05, 0.1) is 12.7 Å². The summed E-state index contributed by atoms with van der Waals surface area (Å²) < 4.78 is 11.6. The first-order valence-electron chi connectivity index (χ1n) is 5.13. The van der Waals surface area contributed by atoms with Gasteiger partial charge in [-0.3, -0.25) is 0 Å². The van der Waals surface area contributed by atoms with Gasteiger partial charge in [0.25, 0.3) is 0 Å². The van der Waals surface area contributed by atoms with Gasteiger partial charge in [0.2, 0.25) is 0 Å². The summed E-state index contributed by atoms with van der Waals surface area (Å²) in [5.74, 6) is 0.926. The minimum Gasteiger partial charge on any atom is -0.398 e. The summed E-state index contributed by atoms with van der Waals surface area (Å²) in [7, 11) is 0. The number of ether oxygens (including phenoxy) is 2. The van der Waals surface area contributed by atoms with Crippen LogP contribution >= 0.6 is 27.7 Å². The van der Waals surface area contributed by atoms with E-state index in [9.17, 15) is 0 Å². The van der Waals surface area contributed by atoms with Crippen molar-refractivity contribution in [1.82, 2.24) is 0 Å². The van der Waals surface area contributed by atoms with Crippen LogP contribution in [0.4, 0.5) is 5.69 Å². The predicted molar refractivity (Wildman–Crippen MR) is 69.6 cm³/mol. The van der Waals surface area contributed by atoms with Crippen molar-refractivity contribution in [3.05, 3.63) is 22.7 Å². The number of hydrogen-bond donors (Lipinski definition) is 1. The van der Waals surface area contributed by atoms with E-state index in [0.717, 1.165) is 33.8 Å². The second kappa shape index (κ2) is 5.91. The van der Waals surface area contributed by atoms with E-state index in [1.54, 1.807) is 11.8 Å². The first-order chi connectivity index (χ1) is 7.75. The molecule has 3 nitrogen and oxygen atoms in total. The molecule has 1 atom stereocenters. The van der Waals surface area contributed by atoms with E-state index in [-0.39, 0.29) is 6.10 Å². The molecule has 16 heavy (non-hydrogen) atoms. The zero-order valence-corrected chi connectivity index (χ0v) is 11.2. The first kappa shape index (κ1) is 12.2. The molecule has 0 saturated carbocycles. The highest BCUT2D eigenvalue weighted by molar-refractivity contribution is 9.10. The zero-order chi connectivity index (χ0) is 11.4. The molecule has 1 saturated heterocycles. The summed E-state index contributed by atoms with van der Waals surface area (Å²) in [4.78, 5) is 1.11. The fourth-order valence-corrected chi connectivity index (χ4v) is 2.86. The van der Waals surface area contributed by atoms with Gasteiger partial charge >= 0.3 is 0 Å². The van der Waals surface area contributed by atoms with E-state index < -0.39 is 0 Å². The van der Waals surface area contributed by atoms with Crippen LogP contribution in [0.1, 0.15) is 6.42 Å². The summed E-state index contributed by atoms with van der Waals surface area (Å²) in [6.45, 7) is 1.21. The van der Waals surface area contributed by atoms with Crippen molar-refractivity contribution in [3.8, 4) is 0 Å². The molecule has 1 aliphatic heterocycles. The maximum atomic E-state index is 5.92. The average Bonchev–Trinajstić information content (AvgIpc) is 2.29. The van der Waals surface area contributed by atoms with Gasteiger partial charge in [0, 0.05) is 20.8 Å². The van der Waals surface area contributed by atoms with Gasteiger partial charge in [0.1, 0.15) is 6.79 Å². The lowest BCUT2D eigenvalue weighted by Gasteiger charge is -2.22. The van der Waals surface area contributed by atoms with Gasteiger partial charge < -0.3 is 15.2 Å². The molecular formula is C11H14BrNO2S. The molecule has 1 aromatic carbocycles. The Kier molecular flexibility index (Phi) is 4.52. The molecule has 2 N–H and O–H groups in total. The van der Waals surface area contributed by atoms with E-state index in [0.29, 0.717) is 6.79 Å². The third-order valence-electron chi connectivity index (χ3n) is 2.37. The van der Waals surface area contributed by atoms with Crippen molar-refractivity contribution < 1.29 is 9.47 Å². The van der Waals surface area contributed by atoms with Gasteiger partial charge in [-0.15, -0.1) is 11.8 Å². The lowest BCUT2D eigenvalue weighted by molar-refractivity contribution is -0.130. The van der Waals surface area contributed by atoms with Gasteiger partial charge in [-0.25, -0.2) is 0 Å². The lowest BCUT2D eigenvalue weighted by atomic mass is 10.3. The number of benzene rings is 1. The predicted octanol–water partition coefficient (Wildman–Crippen LogP) is 2.89. The van der Waals surface area contributed by atoms with Gasteiger partial charge in [0.15, 0.2) is 0 Å². The molecule has 0 aromatic heterocycles. The van der Waals surface area contributed by atoms with Crippen LogP contribution in [0.3, 0.4) is 0 Å². The largest absolute Gasteiger partial charge is 0.398 e. The van der Waals surface area contributed by atoms with Crippen LogP contribution in [0.15, 0.2) is 27.6 Å². The van der Waals surface area contributed by atoms with Crippen molar-refractivity contribution in [3.63, 3.8) is 0 Å². The van der Waals surface area contributed by atoms with E-state index >= 15 is 0 Å². The second-order valence-electron chi connectivity index (χ2n) is 3.60. The Bertz CT molecular complexity index is 356. The van der Waals surface area contributed by atoms with Crippen LogP contribution in [0.25, 0.3) is 0 Å². The normalized spacial score (nSPS) is 20.9. The molecule has 88 valence electrons. The van der Waals surface area contributed by atoms with E-state index in [2.05, 4.69) is 15.9 Å². The molecule has 0 spiro atoms. The van der Waals surface area contributed by atoms with Crippen LogP contribution in [0, 0.1) is 0 Å². The third kappa shape index (κ3) is 3.38. The average molecular weight is 304 g/mol. The molecule has 0 bridgehead atoms. The molecule has 1 unspecified atom stereocenters. The number of hydrogen-bond acceptors (Lipinski definition) is 4. The number of nitrogen functional groups attached to an aromatic ring is 1. The summed E-state index contributed by atoms with van der Waals surface area (Å²) in [6.07, 6.45) is 1.24. The van der Waals surface area contributed by atoms with Crippen LogP contribution < -0.4 is 5.73 Å². The Morgan fingerprint density at radius 2 is 2.38 bits per heavy atom. The van der Waals surface area contributed by atoms with E-state index in [1.165, 1.54) is 0 Å². The second-order valence-corrected chi connectivity index (χ2v) is 5.57. The fourth-order valence-electron chi connectivity index (χ4n) is 1.47. The van der Waals surface area contributed by atoms with Crippen LogP contribution in [-0.4, -0.2) is 25.3 Å². The third-order valence-corrected chi connectivity index (χ3v) is 4.08. The van der Waals surface area contributed by atoms with Crippen molar-refractivity contribution in [2.45, 2.75) is 17.4 Å². The number of rotatable bonds is 3. The quantitative estimate of drug-likeness (QED) is 0.689. The van der Waals surface area contributed by atoms with Crippen LogP contribution in [-0.2, 0) is 9.47 Å². The monoisotopic (exact) mass is 303 g/mol. The highest BCUT2D eigenvalue weighted by atomic mass is 79.9. The maximum Gasteiger partial charge on any atom is 0.147 e. The molecular weight excluding hydrogens is 290 g/mol. The van der Waals surface area contributed by atoms with Crippen LogP contribution in [0.2, 0.25) is 0 Å². The van der Waals surface area contributed by atoms with Crippen molar-refractivity contribution in [2.24, 2.45) is 0 Å². The van der Waals surface area contributed by atoms with Gasteiger partial charge in [-0.05, 0) is 24.6 Å². The fraction of sp³-hybridized carbons (Fsp3) is 0.455. The molecule has 1 fully saturated rings. The first-order valence-corrected chi connectivity index (χ1v) is 6.91. The minimum atomic E-state index is 0.279. The van der Waals surface area contributed by atoms with Crippen LogP contribution in [0.5, 0.6) is 0 Å². The van der Waals surface area contributed by atoms with E-state index in [4.69, 9.17) is 15.2 Å². The summed E-state index contributed by atoms with van der Waals surface area (Å²) >= 11 is 5.13. The summed E-state index contributed by atoms with van der Waals surface area (Å²) in [5, 5.41) is 0. The summed E-state index contributed by atoms with van der Waals surface area (Å²) in [5.41, 5.74) is 6.73. The molecule has 5 heteroatoms. The minimum absolute atomic E-state index is 0.279. The SMILES string of the molecule is Nc1cc(Br)ccc1SCC1CCOCO1. The molecule has 1 aromatic rings. The standard InChI is InChI=1S/C11H14BrNO2S/c12-8-1-2-11(10(13)5-8)16-6-9-3-4-14-7-15-9/h1-2,5,9H,3-4,6-7,13H2. The van der Waals surface area contributed by atoms with Crippen molar-refractivity contribution in [1.29, 1.82) is 0 Å². The Morgan fingerprint density at radius 1 is 1.50 bits per heavy atom. The van der Waals surface area contributed by atoms with Crippen molar-refractivity contribution >= 4 is 33.4 Å². The highest BCUT2D eigenvalue weighted by Gasteiger charge is 2.14. The lowest BCUT2D eigenvalue weighted by Crippen LogP contribution is -2.25. The molecule has 1 heterocycles. The maximum absolute atomic E-state index is 5.92. The molecule has 1 aliphatic rings. The van der Waals surface area contributed by atoms with Gasteiger partial charge in [-0.1, -0.05) is 15.9 Å². The number of thioether (sulfide) groups is 1. The zero-order valence-electron chi connectivity index (χ0n) is 8.82. The summed E-state index contributed by atoms with van der Waals surface area (Å²) in [6, 6.07) is 5.96.